The molecule has 0 radical (unpaired) electrons. The number of hydrogen-bond acceptors (Lipinski definition) is 4. The highest BCUT2D eigenvalue weighted by molar-refractivity contribution is 5.91. The summed E-state index contributed by atoms with van der Waals surface area (Å²) in [6.07, 6.45) is 3.64. The Morgan fingerprint density at radius 2 is 2.18 bits per heavy atom. The van der Waals surface area contributed by atoms with Crippen molar-refractivity contribution in [1.29, 1.82) is 0 Å². The largest absolute Gasteiger partial charge is 0.488 e. The second-order valence-corrected chi connectivity index (χ2v) is 7.08. The predicted molar refractivity (Wildman–Crippen MR) is 109 cm³/mol. The summed E-state index contributed by atoms with van der Waals surface area (Å²) in [4.78, 5) is 19.1. The second kappa shape index (κ2) is 7.34. The van der Waals surface area contributed by atoms with Gasteiger partial charge in [0.15, 0.2) is 6.21 Å². The van der Waals surface area contributed by atoms with Gasteiger partial charge in [0.25, 0.3) is 0 Å². The summed E-state index contributed by atoms with van der Waals surface area (Å²) in [5, 5.41) is 11.8. The molecular formula is C21H24N5O2+. The third-order valence-corrected chi connectivity index (χ3v) is 5.31. The maximum atomic E-state index is 11.5. The van der Waals surface area contributed by atoms with Gasteiger partial charge in [-0.1, -0.05) is 6.07 Å². The number of carbonyl (C=O) groups excluding carboxylic acids is 1. The molecule has 0 saturated carbocycles. The van der Waals surface area contributed by atoms with E-state index in [1.165, 1.54) is 0 Å². The zero-order chi connectivity index (χ0) is 19.7. The maximum Gasteiger partial charge on any atom is 0.220 e. The molecule has 3 aromatic rings. The average Bonchev–Trinajstić information content (AvgIpc) is 3.36. The zero-order valence-corrected chi connectivity index (χ0v) is 16.0. The molecule has 1 aromatic heterocycles. The van der Waals surface area contributed by atoms with E-state index in [0.717, 1.165) is 33.4 Å². The van der Waals surface area contributed by atoms with Crippen LogP contribution in [0, 0.1) is 5.92 Å². The van der Waals surface area contributed by atoms with Crippen molar-refractivity contribution in [3.8, 4) is 16.9 Å². The first-order valence-electron chi connectivity index (χ1n) is 9.36. The molecule has 5 N–H and O–H groups in total. The number of fused-ring (bicyclic) bond motifs is 1. The fourth-order valence-corrected chi connectivity index (χ4v) is 3.64. The Balaban J connectivity index is 1.71. The van der Waals surface area contributed by atoms with Gasteiger partial charge in [-0.05, 0) is 42.3 Å². The molecule has 0 spiro atoms. The molecule has 7 heteroatoms. The van der Waals surface area contributed by atoms with Crippen LogP contribution < -0.4 is 20.8 Å². The molecule has 2 heterocycles. The van der Waals surface area contributed by atoms with Gasteiger partial charge in [0.05, 0.1) is 17.4 Å². The van der Waals surface area contributed by atoms with E-state index in [0.29, 0.717) is 18.7 Å². The molecule has 0 aliphatic carbocycles. The highest BCUT2D eigenvalue weighted by Crippen LogP contribution is 2.33. The van der Waals surface area contributed by atoms with Crippen molar-refractivity contribution in [2.45, 2.75) is 19.4 Å². The Morgan fingerprint density at radius 1 is 1.32 bits per heavy atom. The van der Waals surface area contributed by atoms with Gasteiger partial charge in [0, 0.05) is 31.6 Å². The van der Waals surface area contributed by atoms with E-state index in [1.54, 1.807) is 12.5 Å². The second-order valence-electron chi connectivity index (χ2n) is 7.08. The van der Waals surface area contributed by atoms with Crippen LogP contribution in [0.5, 0.6) is 5.75 Å². The van der Waals surface area contributed by atoms with Crippen molar-refractivity contribution in [2.75, 3.05) is 18.9 Å². The lowest BCUT2D eigenvalue weighted by atomic mass is 10.0. The number of aromatic amines is 1. The standard InChI is InChI=1S/C21H23N5O2/c1-12(16-8-20(27)24-10-16)28-19-7-14(6-18-21(19)26-11-25-18)13-3-4-17(23-2)15(5-13)9-22/h3-7,9,11-12,16,22-23H,8,10H2,1-2H3,(H,24,27)(H,25,26)/p+1/t12-,16-/m1/s1. The molecule has 144 valence electrons. The lowest BCUT2D eigenvalue weighted by molar-refractivity contribution is -0.119. The highest BCUT2D eigenvalue weighted by Gasteiger charge is 2.28. The summed E-state index contributed by atoms with van der Waals surface area (Å²) in [6.45, 7) is 2.64. The molecule has 1 amide bonds. The summed E-state index contributed by atoms with van der Waals surface area (Å²) in [5.74, 6) is 0.935. The first kappa shape index (κ1) is 18.0. The SMILES string of the molecule is CNc1ccc(-c2cc(O[C@H](C)[C@H]3CNC(=O)C3)c3nc[nH]c3c2)cc1C=[NH2+]. The Morgan fingerprint density at radius 3 is 2.89 bits per heavy atom. The van der Waals surface area contributed by atoms with E-state index in [9.17, 15) is 4.79 Å². The number of carbonyl (C=O) groups is 1. The van der Waals surface area contributed by atoms with Crippen molar-refractivity contribution >= 4 is 28.8 Å². The minimum atomic E-state index is -0.103. The van der Waals surface area contributed by atoms with Crippen LogP contribution in [0.25, 0.3) is 22.2 Å². The summed E-state index contributed by atoms with van der Waals surface area (Å²) in [7, 11) is 1.87. The molecule has 7 nitrogen and oxygen atoms in total. The number of imidazole rings is 1. The van der Waals surface area contributed by atoms with Crippen molar-refractivity contribution in [1.82, 2.24) is 15.3 Å². The molecule has 28 heavy (non-hydrogen) atoms. The van der Waals surface area contributed by atoms with Crippen LogP contribution in [0.1, 0.15) is 18.9 Å². The topological polar surface area (TPSA) is 105 Å². The van der Waals surface area contributed by atoms with Gasteiger partial charge in [-0.15, -0.1) is 0 Å². The van der Waals surface area contributed by atoms with Gasteiger partial charge in [0.2, 0.25) is 5.91 Å². The molecule has 1 saturated heterocycles. The van der Waals surface area contributed by atoms with Crippen LogP contribution in [0.15, 0.2) is 36.7 Å². The number of benzene rings is 2. The lowest BCUT2D eigenvalue weighted by Crippen LogP contribution is -2.30. The van der Waals surface area contributed by atoms with Crippen molar-refractivity contribution in [2.24, 2.45) is 5.92 Å². The van der Waals surface area contributed by atoms with E-state index in [1.807, 2.05) is 38.2 Å². The number of nitrogens with two attached hydrogens (primary N) is 1. The first-order chi connectivity index (χ1) is 13.6. The van der Waals surface area contributed by atoms with E-state index in [-0.39, 0.29) is 17.9 Å². The maximum absolute atomic E-state index is 11.5. The highest BCUT2D eigenvalue weighted by atomic mass is 16.5. The van der Waals surface area contributed by atoms with Crippen molar-refractivity contribution in [3.05, 3.63) is 42.2 Å². The predicted octanol–water partition coefficient (Wildman–Crippen LogP) is 1.35. The number of nitrogens with zero attached hydrogens (tertiary/aromatic N) is 1. The number of anilines is 1. The summed E-state index contributed by atoms with van der Waals surface area (Å²) < 4.78 is 6.26. The van der Waals surface area contributed by atoms with Gasteiger partial charge in [-0.25, -0.2) is 4.98 Å². The van der Waals surface area contributed by atoms with E-state index >= 15 is 0 Å². The summed E-state index contributed by atoms with van der Waals surface area (Å²) in [5.41, 5.74) is 5.61. The molecule has 4 rings (SSSR count). The number of hydrogen-bond donors (Lipinski definition) is 4. The molecule has 1 aliphatic heterocycles. The van der Waals surface area contributed by atoms with Crippen LogP contribution in [0.3, 0.4) is 0 Å². The third-order valence-electron chi connectivity index (χ3n) is 5.31. The number of aromatic nitrogens is 2. The molecule has 1 fully saturated rings. The Labute approximate surface area is 163 Å². The Hall–Kier alpha value is -3.35. The van der Waals surface area contributed by atoms with E-state index in [2.05, 4.69) is 26.7 Å². The monoisotopic (exact) mass is 378 g/mol. The van der Waals surface area contributed by atoms with Crippen LogP contribution in [0.2, 0.25) is 0 Å². The lowest BCUT2D eigenvalue weighted by Gasteiger charge is -2.20. The first-order valence-corrected chi connectivity index (χ1v) is 9.36. The normalized spacial score (nSPS) is 17.4. The van der Waals surface area contributed by atoms with Gasteiger partial charge < -0.3 is 20.4 Å². The van der Waals surface area contributed by atoms with Crippen molar-refractivity contribution in [3.63, 3.8) is 0 Å². The van der Waals surface area contributed by atoms with Crippen LogP contribution >= 0.6 is 0 Å². The quantitative estimate of drug-likeness (QED) is 0.486. The van der Waals surface area contributed by atoms with Gasteiger partial charge >= 0.3 is 0 Å². The molecule has 1 aliphatic rings. The molecule has 2 aromatic carbocycles. The Bertz CT molecular complexity index is 1040. The number of amides is 1. The molecule has 0 bridgehead atoms. The van der Waals surface area contributed by atoms with Crippen molar-refractivity contribution < 1.29 is 14.9 Å². The average molecular weight is 378 g/mol. The molecule has 0 unspecified atom stereocenters. The minimum Gasteiger partial charge on any atom is -0.488 e. The Kier molecular flexibility index (Phi) is 4.73. The number of ether oxygens (including phenoxy) is 1. The number of rotatable bonds is 6. The molecular weight excluding hydrogens is 354 g/mol. The van der Waals surface area contributed by atoms with E-state index < -0.39 is 0 Å². The van der Waals surface area contributed by atoms with Gasteiger partial charge in [-0.2, -0.15) is 0 Å². The summed E-state index contributed by atoms with van der Waals surface area (Å²) >= 11 is 0. The number of H-pyrrole nitrogens is 1. The van der Waals surface area contributed by atoms with E-state index in [4.69, 9.17) is 10.1 Å². The third kappa shape index (κ3) is 3.31. The fourth-order valence-electron chi connectivity index (χ4n) is 3.64. The smallest absolute Gasteiger partial charge is 0.220 e. The fraction of sp³-hybridized carbons (Fsp3) is 0.286. The summed E-state index contributed by atoms with van der Waals surface area (Å²) in [6, 6.07) is 10.1. The van der Waals surface area contributed by atoms with Gasteiger partial charge in [-0.3, -0.25) is 10.2 Å². The van der Waals surface area contributed by atoms with Crippen LogP contribution in [-0.4, -0.2) is 41.8 Å². The van der Waals surface area contributed by atoms with Crippen LogP contribution in [-0.2, 0) is 4.79 Å². The van der Waals surface area contributed by atoms with Gasteiger partial charge in [0.1, 0.15) is 17.4 Å². The molecule has 2 atom stereocenters. The zero-order valence-electron chi connectivity index (χ0n) is 16.0. The van der Waals surface area contributed by atoms with Crippen LogP contribution in [0.4, 0.5) is 5.69 Å². The number of nitrogens with one attached hydrogen (secondary N) is 3. The minimum absolute atomic E-state index is 0.0781.